The fourth-order valence-electron chi connectivity index (χ4n) is 1.96. The van der Waals surface area contributed by atoms with E-state index in [1.165, 1.54) is 30.3 Å². The van der Waals surface area contributed by atoms with Crippen LogP contribution in [0, 0.1) is 44.0 Å². The first-order chi connectivity index (χ1) is 16.4. The lowest BCUT2D eigenvalue weighted by Crippen LogP contribution is -2.04. The van der Waals surface area contributed by atoms with E-state index in [2.05, 4.69) is 0 Å². The highest BCUT2D eigenvalue weighted by Gasteiger charge is 2.29. The van der Waals surface area contributed by atoms with Gasteiger partial charge in [0, 0.05) is 33.5 Å². The highest BCUT2D eigenvalue weighted by atomic mass is 19.4. The van der Waals surface area contributed by atoms with Crippen LogP contribution in [-0.2, 0) is 6.18 Å². The number of hydrogen-bond donors (Lipinski definition) is 3. The quantitative estimate of drug-likeness (QED) is 0.306. The maximum absolute atomic E-state index is 12.3. The zero-order valence-corrected chi connectivity index (χ0v) is 20.3. The van der Waals surface area contributed by atoms with Gasteiger partial charge in [0.15, 0.2) is 0 Å². The fourth-order valence-corrected chi connectivity index (χ4v) is 1.96. The summed E-state index contributed by atoms with van der Waals surface area (Å²) in [7, 11) is 3.00. The lowest BCUT2D eigenvalue weighted by molar-refractivity contribution is -0.137. The van der Waals surface area contributed by atoms with Gasteiger partial charge in [0.2, 0.25) is 0 Å². The smallest absolute Gasteiger partial charge is 0.400 e. The molecule has 0 aliphatic rings. The van der Waals surface area contributed by atoms with Crippen molar-refractivity contribution in [1.82, 2.24) is 0 Å². The molecule has 3 rings (SSSR count). The Morgan fingerprint density at radius 1 is 0.543 bits per heavy atom. The second-order valence-corrected chi connectivity index (χ2v) is 6.15. The third-order valence-corrected chi connectivity index (χ3v) is 3.61. The minimum absolute atomic E-state index is 0.469. The van der Waals surface area contributed by atoms with Gasteiger partial charge in [-0.05, 0) is 50.1 Å². The van der Waals surface area contributed by atoms with Crippen molar-refractivity contribution >= 4 is 0 Å². The fraction of sp³-hybridized carbons (Fsp3) is 0.280. The molecule has 0 aliphatic carbocycles. The van der Waals surface area contributed by atoms with Crippen LogP contribution in [0.15, 0.2) is 60.7 Å². The molecule has 0 fully saturated rings. The van der Waals surface area contributed by atoms with Crippen LogP contribution in [0.5, 0.6) is 0 Å². The van der Waals surface area contributed by atoms with E-state index in [4.69, 9.17) is 15.3 Å². The second-order valence-electron chi connectivity index (χ2n) is 6.15. The van der Waals surface area contributed by atoms with Crippen molar-refractivity contribution in [3.05, 3.63) is 106 Å². The molecule has 0 saturated carbocycles. The molecule has 0 spiro atoms. The van der Waals surface area contributed by atoms with Crippen molar-refractivity contribution in [2.45, 2.75) is 26.9 Å². The van der Waals surface area contributed by atoms with Crippen LogP contribution in [0.4, 0.5) is 30.7 Å². The highest BCUT2D eigenvalue weighted by molar-refractivity contribution is 5.24. The summed E-state index contributed by atoms with van der Waals surface area (Å²) in [6, 6.07) is 12.2. The molecular weight excluding hydrogens is 481 g/mol. The number of aliphatic hydroxyl groups is 3. The summed E-state index contributed by atoms with van der Waals surface area (Å²) in [5.74, 6) is -2.04. The topological polar surface area (TPSA) is 60.7 Å². The SMILES string of the molecule is CO.CO.CO.Cc1ccc(F)cc1F.Cc1ccc(F)cc1F.Cc1cccc(C(F)(F)F)c1. The molecule has 0 heterocycles. The molecule has 198 valence electrons. The van der Waals surface area contributed by atoms with Gasteiger partial charge >= 0.3 is 6.18 Å². The molecule has 0 unspecified atom stereocenters. The predicted molar refractivity (Wildman–Crippen MR) is 123 cm³/mol. The molecular formula is C25H31F7O3. The molecule has 0 bridgehead atoms. The van der Waals surface area contributed by atoms with Crippen LogP contribution in [-0.4, -0.2) is 36.6 Å². The van der Waals surface area contributed by atoms with E-state index in [9.17, 15) is 30.7 Å². The van der Waals surface area contributed by atoms with Gasteiger partial charge < -0.3 is 15.3 Å². The Morgan fingerprint density at radius 2 is 0.914 bits per heavy atom. The van der Waals surface area contributed by atoms with E-state index in [1.54, 1.807) is 26.8 Å². The summed E-state index contributed by atoms with van der Waals surface area (Å²) in [5.41, 5.74) is 0.977. The minimum atomic E-state index is -4.22. The summed E-state index contributed by atoms with van der Waals surface area (Å²) >= 11 is 0. The van der Waals surface area contributed by atoms with Gasteiger partial charge in [-0.3, -0.25) is 0 Å². The highest BCUT2D eigenvalue weighted by Crippen LogP contribution is 2.29. The van der Waals surface area contributed by atoms with Gasteiger partial charge in [0.25, 0.3) is 0 Å². The zero-order valence-electron chi connectivity index (χ0n) is 20.3. The summed E-state index contributed by atoms with van der Waals surface area (Å²) < 4.78 is 84.8. The molecule has 3 nitrogen and oxygen atoms in total. The number of halogens is 7. The van der Waals surface area contributed by atoms with Crippen LogP contribution in [0.3, 0.4) is 0 Å². The molecule has 3 N–H and O–H groups in total. The number of alkyl halides is 3. The van der Waals surface area contributed by atoms with Crippen molar-refractivity contribution < 1.29 is 46.1 Å². The maximum Gasteiger partial charge on any atom is 0.416 e. The first-order valence-corrected chi connectivity index (χ1v) is 9.71. The van der Waals surface area contributed by atoms with Crippen LogP contribution in [0.2, 0.25) is 0 Å². The summed E-state index contributed by atoms with van der Waals surface area (Å²) in [6.45, 7) is 4.82. The maximum atomic E-state index is 12.3. The Morgan fingerprint density at radius 3 is 1.14 bits per heavy atom. The van der Waals surface area contributed by atoms with Crippen molar-refractivity contribution in [2.24, 2.45) is 0 Å². The van der Waals surface area contributed by atoms with E-state index >= 15 is 0 Å². The van der Waals surface area contributed by atoms with Crippen LogP contribution in [0.1, 0.15) is 22.3 Å². The first kappa shape index (κ1) is 36.6. The molecule has 0 aromatic heterocycles. The van der Waals surface area contributed by atoms with Crippen molar-refractivity contribution in [3.63, 3.8) is 0 Å². The minimum Gasteiger partial charge on any atom is -0.400 e. The normalized spacial score (nSPS) is 9.14. The Labute approximate surface area is 201 Å². The Bertz CT molecular complexity index is 897. The van der Waals surface area contributed by atoms with Crippen LogP contribution < -0.4 is 0 Å². The van der Waals surface area contributed by atoms with Gasteiger partial charge in [-0.15, -0.1) is 0 Å². The van der Waals surface area contributed by atoms with E-state index in [0.717, 1.165) is 45.6 Å². The number of aryl methyl sites for hydroxylation is 3. The third kappa shape index (κ3) is 17.2. The lowest BCUT2D eigenvalue weighted by Gasteiger charge is -2.05. The van der Waals surface area contributed by atoms with E-state index in [1.807, 2.05) is 0 Å². The number of hydrogen-bond acceptors (Lipinski definition) is 3. The number of rotatable bonds is 0. The molecule has 3 aromatic carbocycles. The monoisotopic (exact) mass is 512 g/mol. The third-order valence-electron chi connectivity index (χ3n) is 3.61. The van der Waals surface area contributed by atoms with Crippen molar-refractivity contribution in [1.29, 1.82) is 0 Å². The Kier molecular flexibility index (Phi) is 21.4. The van der Waals surface area contributed by atoms with Gasteiger partial charge in [0.1, 0.15) is 23.3 Å². The molecule has 0 aliphatic heterocycles. The largest absolute Gasteiger partial charge is 0.416 e. The molecule has 35 heavy (non-hydrogen) atoms. The van der Waals surface area contributed by atoms with Gasteiger partial charge in [-0.2, -0.15) is 13.2 Å². The molecule has 0 amide bonds. The molecule has 3 aromatic rings. The standard InChI is InChI=1S/C8H7F3.2C7H6F2.3CH4O/c1-6-3-2-4-7(5-6)8(9,10)11;2*1-5-2-3-6(8)4-7(5)9;3*1-2/h2-5H,1H3;2*2-4H,1H3;3*2H,1H3. The first-order valence-electron chi connectivity index (χ1n) is 9.71. The molecule has 10 heteroatoms. The number of benzene rings is 3. The summed E-state index contributed by atoms with van der Waals surface area (Å²) in [6.07, 6.45) is -4.22. The second kappa shape index (κ2) is 20.4. The average Bonchev–Trinajstić information content (AvgIpc) is 2.83. The zero-order chi connectivity index (χ0) is 28.2. The number of aliphatic hydroxyl groups excluding tert-OH is 3. The van der Waals surface area contributed by atoms with Crippen LogP contribution >= 0.6 is 0 Å². The lowest BCUT2D eigenvalue weighted by atomic mass is 10.1. The van der Waals surface area contributed by atoms with Gasteiger partial charge in [-0.25, -0.2) is 17.6 Å². The van der Waals surface area contributed by atoms with E-state index < -0.39 is 35.0 Å². The molecule has 0 atom stereocenters. The van der Waals surface area contributed by atoms with E-state index in [-0.39, 0.29) is 0 Å². The predicted octanol–water partition coefficient (Wildman–Crippen LogP) is 6.39. The van der Waals surface area contributed by atoms with Crippen LogP contribution in [0.25, 0.3) is 0 Å². The average molecular weight is 513 g/mol. The Balaban J connectivity index is -0.000000397. The summed E-state index contributed by atoms with van der Waals surface area (Å²) in [5, 5.41) is 21.0. The van der Waals surface area contributed by atoms with Gasteiger partial charge in [0.05, 0.1) is 5.56 Å². The van der Waals surface area contributed by atoms with Gasteiger partial charge in [-0.1, -0.05) is 35.9 Å². The van der Waals surface area contributed by atoms with Crippen molar-refractivity contribution in [3.8, 4) is 0 Å². The summed E-state index contributed by atoms with van der Waals surface area (Å²) in [4.78, 5) is 0. The molecule has 0 radical (unpaired) electrons. The molecule has 0 saturated heterocycles. The Hall–Kier alpha value is -2.95. The van der Waals surface area contributed by atoms with Crippen molar-refractivity contribution in [2.75, 3.05) is 21.3 Å². The van der Waals surface area contributed by atoms with E-state index in [0.29, 0.717) is 16.7 Å².